The summed E-state index contributed by atoms with van der Waals surface area (Å²) in [7, 11) is 0. The number of nitrogens with two attached hydrogens (primary N) is 1. The minimum atomic E-state index is -1.39. The van der Waals surface area contributed by atoms with Crippen molar-refractivity contribution in [2.45, 2.75) is 0 Å². The molecule has 0 amide bonds. The van der Waals surface area contributed by atoms with Gasteiger partial charge >= 0.3 is 12.1 Å². The van der Waals surface area contributed by atoms with Crippen molar-refractivity contribution in [2.24, 2.45) is 0 Å². The van der Waals surface area contributed by atoms with E-state index < -0.39 is 12.1 Å². The number of hydrogen-bond acceptors (Lipinski definition) is 5. The molecule has 116 valence electrons. The van der Waals surface area contributed by atoms with Gasteiger partial charge in [-0.3, -0.25) is 0 Å². The molecule has 2 heterocycles. The molecule has 1 aromatic carbocycles. The fraction of sp³-hybridized carbons (Fsp3) is 0. The van der Waals surface area contributed by atoms with Crippen molar-refractivity contribution < 1.29 is 24.5 Å². The SMILES string of the molecule is Nc1ccc(Oc2ccc3cc(C(=O)O)n(C(=O)O)c3c2)nc1. The molecule has 0 fully saturated rings. The van der Waals surface area contributed by atoms with E-state index in [0.717, 1.165) is 0 Å². The normalized spacial score (nSPS) is 10.6. The molecule has 0 saturated carbocycles. The largest absolute Gasteiger partial charge is 0.477 e. The van der Waals surface area contributed by atoms with Gasteiger partial charge < -0.3 is 20.7 Å². The fourth-order valence-corrected chi connectivity index (χ4v) is 2.18. The average molecular weight is 313 g/mol. The molecule has 0 aliphatic rings. The van der Waals surface area contributed by atoms with Crippen LogP contribution in [0.2, 0.25) is 0 Å². The van der Waals surface area contributed by atoms with Gasteiger partial charge in [0.25, 0.3) is 0 Å². The van der Waals surface area contributed by atoms with E-state index >= 15 is 0 Å². The van der Waals surface area contributed by atoms with Crippen molar-refractivity contribution >= 4 is 28.7 Å². The summed E-state index contributed by atoms with van der Waals surface area (Å²) in [6.07, 6.45) is 0.0382. The minimum absolute atomic E-state index is 0.211. The number of carboxylic acid groups (broad SMARTS) is 2. The highest BCUT2D eigenvalue weighted by molar-refractivity contribution is 6.00. The second-order valence-corrected chi connectivity index (χ2v) is 4.71. The van der Waals surface area contributed by atoms with Crippen LogP contribution in [0.1, 0.15) is 10.5 Å². The zero-order valence-corrected chi connectivity index (χ0v) is 11.6. The van der Waals surface area contributed by atoms with Crippen LogP contribution in [0.15, 0.2) is 42.6 Å². The molecule has 0 aliphatic heterocycles. The van der Waals surface area contributed by atoms with Gasteiger partial charge in [0, 0.05) is 17.5 Å². The number of hydrogen-bond donors (Lipinski definition) is 3. The van der Waals surface area contributed by atoms with Gasteiger partial charge in [0.15, 0.2) is 0 Å². The van der Waals surface area contributed by atoms with Crippen LogP contribution in [0, 0.1) is 0 Å². The Bertz CT molecular complexity index is 915. The lowest BCUT2D eigenvalue weighted by molar-refractivity contribution is 0.0684. The Morgan fingerprint density at radius 2 is 1.91 bits per heavy atom. The average Bonchev–Trinajstić information content (AvgIpc) is 2.89. The highest BCUT2D eigenvalue weighted by atomic mass is 16.5. The molecule has 0 saturated heterocycles. The number of carbonyl (C=O) groups is 2. The number of benzene rings is 1. The Morgan fingerprint density at radius 1 is 1.13 bits per heavy atom. The smallest absolute Gasteiger partial charge is 0.416 e. The predicted octanol–water partition coefficient (Wildman–Crippen LogP) is 2.64. The lowest BCUT2D eigenvalue weighted by Crippen LogP contribution is -2.14. The van der Waals surface area contributed by atoms with E-state index in [4.69, 9.17) is 15.6 Å². The van der Waals surface area contributed by atoms with Crippen LogP contribution in [0.4, 0.5) is 10.5 Å². The van der Waals surface area contributed by atoms with Crippen molar-refractivity contribution in [1.29, 1.82) is 0 Å². The molecule has 0 unspecified atom stereocenters. The number of rotatable bonds is 3. The van der Waals surface area contributed by atoms with E-state index in [9.17, 15) is 14.7 Å². The maximum atomic E-state index is 11.3. The van der Waals surface area contributed by atoms with E-state index in [1.807, 2.05) is 0 Å². The molecule has 0 spiro atoms. The number of pyridine rings is 1. The van der Waals surface area contributed by atoms with E-state index in [1.54, 1.807) is 24.3 Å². The molecule has 4 N–H and O–H groups in total. The lowest BCUT2D eigenvalue weighted by atomic mass is 10.2. The first-order valence-corrected chi connectivity index (χ1v) is 6.47. The summed E-state index contributed by atoms with van der Waals surface area (Å²) in [5.41, 5.74) is 5.89. The van der Waals surface area contributed by atoms with Gasteiger partial charge in [0.1, 0.15) is 11.4 Å². The number of aromatic carboxylic acids is 1. The van der Waals surface area contributed by atoms with Gasteiger partial charge in [-0.25, -0.2) is 19.1 Å². The number of fused-ring (bicyclic) bond motifs is 1. The molecular formula is C15H11N3O5. The molecule has 0 aliphatic carbocycles. The highest BCUT2D eigenvalue weighted by Gasteiger charge is 2.19. The zero-order valence-electron chi connectivity index (χ0n) is 11.6. The van der Waals surface area contributed by atoms with Crippen molar-refractivity contribution in [2.75, 3.05) is 5.73 Å². The van der Waals surface area contributed by atoms with Crippen LogP contribution < -0.4 is 10.5 Å². The van der Waals surface area contributed by atoms with E-state index in [2.05, 4.69) is 4.98 Å². The fourth-order valence-electron chi connectivity index (χ4n) is 2.18. The number of carboxylic acids is 1. The third-order valence-electron chi connectivity index (χ3n) is 3.17. The first-order valence-electron chi connectivity index (χ1n) is 6.47. The first-order chi connectivity index (χ1) is 11.0. The topological polar surface area (TPSA) is 128 Å². The van der Waals surface area contributed by atoms with Crippen LogP contribution in [0.5, 0.6) is 11.6 Å². The molecule has 0 atom stereocenters. The van der Waals surface area contributed by atoms with Crippen molar-refractivity contribution in [3.63, 3.8) is 0 Å². The van der Waals surface area contributed by atoms with Gasteiger partial charge in [-0.05, 0) is 24.3 Å². The number of nitrogens with zero attached hydrogens (tertiary/aromatic N) is 2. The van der Waals surface area contributed by atoms with E-state index in [0.29, 0.717) is 21.4 Å². The summed E-state index contributed by atoms with van der Waals surface area (Å²) in [5.74, 6) is -0.719. The Kier molecular flexibility index (Phi) is 3.34. The maximum Gasteiger partial charge on any atom is 0.416 e. The molecular weight excluding hydrogens is 302 g/mol. The second kappa shape index (κ2) is 5.34. The molecule has 23 heavy (non-hydrogen) atoms. The van der Waals surface area contributed by atoms with Crippen LogP contribution >= 0.6 is 0 Å². The van der Waals surface area contributed by atoms with Crippen LogP contribution in [-0.4, -0.2) is 31.8 Å². The molecule has 3 aromatic rings. The summed E-state index contributed by atoms with van der Waals surface area (Å²) in [6.45, 7) is 0. The van der Waals surface area contributed by atoms with Gasteiger partial charge in [-0.1, -0.05) is 0 Å². The summed E-state index contributed by atoms with van der Waals surface area (Å²) in [4.78, 5) is 26.5. The Balaban J connectivity index is 2.07. The standard InChI is InChI=1S/C15H11N3O5/c16-9-2-4-13(17-7-9)23-10-3-1-8-5-12(14(19)20)18(15(21)22)11(8)6-10/h1-7H,16H2,(H,19,20)(H,21,22). The second-order valence-electron chi connectivity index (χ2n) is 4.71. The van der Waals surface area contributed by atoms with Crippen molar-refractivity contribution in [1.82, 2.24) is 9.55 Å². The van der Waals surface area contributed by atoms with Crippen LogP contribution in [0.3, 0.4) is 0 Å². The molecule has 2 aromatic heterocycles. The Morgan fingerprint density at radius 3 is 2.52 bits per heavy atom. The third kappa shape index (κ3) is 2.64. The third-order valence-corrected chi connectivity index (χ3v) is 3.17. The number of anilines is 1. The summed E-state index contributed by atoms with van der Waals surface area (Å²) in [5, 5.41) is 18.8. The van der Waals surface area contributed by atoms with Crippen molar-refractivity contribution in [3.05, 3.63) is 48.3 Å². The number of nitrogen functional groups attached to an aromatic ring is 1. The first kappa shape index (κ1) is 14.4. The van der Waals surface area contributed by atoms with Gasteiger partial charge in [0.05, 0.1) is 17.4 Å². The molecule has 0 radical (unpaired) electrons. The maximum absolute atomic E-state index is 11.3. The molecule has 3 rings (SSSR count). The summed E-state index contributed by atoms with van der Waals surface area (Å²) < 4.78 is 6.22. The Labute approximate surface area is 129 Å². The van der Waals surface area contributed by atoms with E-state index in [1.165, 1.54) is 18.3 Å². The quantitative estimate of drug-likeness (QED) is 0.678. The predicted molar refractivity (Wildman–Crippen MR) is 81.0 cm³/mol. The van der Waals surface area contributed by atoms with Gasteiger partial charge in [-0.15, -0.1) is 0 Å². The monoisotopic (exact) mass is 313 g/mol. The van der Waals surface area contributed by atoms with E-state index in [-0.39, 0.29) is 17.1 Å². The van der Waals surface area contributed by atoms with Crippen LogP contribution in [-0.2, 0) is 0 Å². The minimum Gasteiger partial charge on any atom is -0.477 e. The van der Waals surface area contributed by atoms with Gasteiger partial charge in [0.2, 0.25) is 5.88 Å². The Hall–Kier alpha value is -3.55. The number of aromatic nitrogens is 2. The molecule has 0 bridgehead atoms. The zero-order chi connectivity index (χ0) is 16.6. The summed E-state index contributed by atoms with van der Waals surface area (Å²) >= 11 is 0. The van der Waals surface area contributed by atoms with Gasteiger partial charge in [-0.2, -0.15) is 0 Å². The summed E-state index contributed by atoms with van der Waals surface area (Å²) in [6, 6.07) is 9.08. The number of ether oxygens (including phenoxy) is 1. The highest BCUT2D eigenvalue weighted by Crippen LogP contribution is 2.27. The lowest BCUT2D eigenvalue weighted by Gasteiger charge is -2.06. The van der Waals surface area contributed by atoms with Crippen LogP contribution in [0.25, 0.3) is 10.9 Å². The van der Waals surface area contributed by atoms with Crippen molar-refractivity contribution in [3.8, 4) is 11.6 Å². The molecule has 8 nitrogen and oxygen atoms in total. The molecule has 8 heteroatoms.